The molecule has 1 unspecified atom stereocenters. The minimum Gasteiger partial charge on any atom is -0.497 e. The van der Waals surface area contributed by atoms with E-state index in [-0.39, 0.29) is 5.38 Å². The van der Waals surface area contributed by atoms with Crippen molar-refractivity contribution in [3.05, 3.63) is 29.8 Å². The summed E-state index contributed by atoms with van der Waals surface area (Å²) in [5.41, 5.74) is 1.69. The predicted octanol–water partition coefficient (Wildman–Crippen LogP) is 4.82. The van der Waals surface area contributed by atoms with Crippen LogP contribution in [0.15, 0.2) is 24.3 Å². The van der Waals surface area contributed by atoms with E-state index in [1.807, 2.05) is 12.1 Å². The van der Waals surface area contributed by atoms with Crippen LogP contribution in [0.25, 0.3) is 0 Å². The normalized spacial score (nSPS) is 19.7. The van der Waals surface area contributed by atoms with Crippen LogP contribution < -0.4 is 4.74 Å². The van der Waals surface area contributed by atoms with Gasteiger partial charge in [0.1, 0.15) is 5.75 Å². The fraction of sp³-hybridized carbons (Fsp3) is 0.625. The summed E-state index contributed by atoms with van der Waals surface area (Å²) in [6.07, 6.45) is 7.47. The van der Waals surface area contributed by atoms with Crippen molar-refractivity contribution in [3.8, 4) is 5.75 Å². The standard InChI is InChI=1S/C16H23ClO/c1-3-16(10-4-5-11-16)15(17)12-13-6-8-14(18-2)9-7-13/h6-9,15H,3-5,10-12H2,1-2H3. The van der Waals surface area contributed by atoms with E-state index in [4.69, 9.17) is 16.3 Å². The Labute approximate surface area is 115 Å². The number of methoxy groups -OCH3 is 1. The maximum Gasteiger partial charge on any atom is 0.118 e. The van der Waals surface area contributed by atoms with Crippen LogP contribution in [0.2, 0.25) is 0 Å². The molecular weight excluding hydrogens is 244 g/mol. The Kier molecular flexibility index (Phi) is 4.55. The summed E-state index contributed by atoms with van der Waals surface area (Å²) in [7, 11) is 1.70. The minimum atomic E-state index is 0.262. The molecule has 0 spiro atoms. The van der Waals surface area contributed by atoms with E-state index in [9.17, 15) is 0 Å². The number of rotatable bonds is 5. The van der Waals surface area contributed by atoms with Gasteiger partial charge in [0.25, 0.3) is 0 Å². The zero-order valence-corrected chi connectivity index (χ0v) is 12.2. The van der Waals surface area contributed by atoms with Gasteiger partial charge < -0.3 is 4.74 Å². The number of benzene rings is 1. The fourth-order valence-corrected chi connectivity index (χ4v) is 3.70. The van der Waals surface area contributed by atoms with Crippen molar-refractivity contribution in [2.45, 2.75) is 50.8 Å². The van der Waals surface area contributed by atoms with Gasteiger partial charge in [-0.15, -0.1) is 11.6 Å². The van der Waals surface area contributed by atoms with Gasteiger partial charge in [0, 0.05) is 5.38 Å². The van der Waals surface area contributed by atoms with Crippen molar-refractivity contribution in [3.63, 3.8) is 0 Å². The van der Waals surface area contributed by atoms with Crippen molar-refractivity contribution < 1.29 is 4.74 Å². The molecule has 100 valence electrons. The molecular formula is C16H23ClO. The fourth-order valence-electron chi connectivity index (χ4n) is 3.15. The van der Waals surface area contributed by atoms with E-state index >= 15 is 0 Å². The highest BCUT2D eigenvalue weighted by atomic mass is 35.5. The molecule has 2 heteroatoms. The lowest BCUT2D eigenvalue weighted by atomic mass is 9.78. The van der Waals surface area contributed by atoms with Crippen molar-refractivity contribution >= 4 is 11.6 Å². The summed E-state index contributed by atoms with van der Waals surface area (Å²) in [5, 5.41) is 0.262. The molecule has 1 aromatic carbocycles. The lowest BCUT2D eigenvalue weighted by molar-refractivity contribution is 0.267. The van der Waals surface area contributed by atoms with Crippen molar-refractivity contribution in [2.24, 2.45) is 5.41 Å². The number of halogens is 1. The maximum atomic E-state index is 6.72. The molecule has 1 aliphatic rings. The highest BCUT2D eigenvalue weighted by Crippen LogP contribution is 2.47. The Morgan fingerprint density at radius 1 is 1.22 bits per heavy atom. The second-order valence-electron chi connectivity index (χ2n) is 5.44. The van der Waals surface area contributed by atoms with Crippen LogP contribution in [0, 0.1) is 5.41 Å². The Morgan fingerprint density at radius 3 is 2.33 bits per heavy atom. The van der Waals surface area contributed by atoms with E-state index in [2.05, 4.69) is 19.1 Å². The van der Waals surface area contributed by atoms with E-state index in [0.29, 0.717) is 5.41 Å². The van der Waals surface area contributed by atoms with Gasteiger partial charge in [-0.1, -0.05) is 31.9 Å². The Morgan fingerprint density at radius 2 is 1.83 bits per heavy atom. The van der Waals surface area contributed by atoms with Gasteiger partial charge >= 0.3 is 0 Å². The summed E-state index contributed by atoms with van der Waals surface area (Å²) in [6.45, 7) is 2.29. The third kappa shape index (κ3) is 2.83. The molecule has 2 rings (SSSR count). The first kappa shape index (κ1) is 13.7. The summed E-state index contributed by atoms with van der Waals surface area (Å²) >= 11 is 6.72. The van der Waals surface area contributed by atoms with E-state index in [0.717, 1.165) is 12.2 Å². The number of alkyl halides is 1. The third-order valence-electron chi connectivity index (χ3n) is 4.54. The molecule has 0 N–H and O–H groups in total. The third-order valence-corrected chi connectivity index (χ3v) is 5.16. The first-order valence-electron chi connectivity index (χ1n) is 6.97. The van der Waals surface area contributed by atoms with Gasteiger partial charge in [-0.05, 0) is 48.8 Å². The molecule has 1 aliphatic carbocycles. The van der Waals surface area contributed by atoms with Crippen LogP contribution in [0.3, 0.4) is 0 Å². The molecule has 1 aromatic rings. The predicted molar refractivity (Wildman–Crippen MR) is 77.5 cm³/mol. The van der Waals surface area contributed by atoms with Crippen molar-refractivity contribution in [1.29, 1.82) is 0 Å². The Bertz CT molecular complexity index is 365. The average Bonchev–Trinajstić information content (AvgIpc) is 2.89. The molecule has 1 atom stereocenters. The molecule has 0 aliphatic heterocycles. The van der Waals surface area contributed by atoms with Crippen LogP contribution in [-0.2, 0) is 6.42 Å². The van der Waals surface area contributed by atoms with Crippen LogP contribution in [0.5, 0.6) is 5.75 Å². The minimum absolute atomic E-state index is 0.262. The van der Waals surface area contributed by atoms with Crippen LogP contribution in [0.4, 0.5) is 0 Å². The second-order valence-corrected chi connectivity index (χ2v) is 5.97. The molecule has 0 bridgehead atoms. The van der Waals surface area contributed by atoms with Gasteiger partial charge in [-0.25, -0.2) is 0 Å². The molecule has 18 heavy (non-hydrogen) atoms. The quantitative estimate of drug-likeness (QED) is 0.695. The average molecular weight is 267 g/mol. The van der Waals surface area contributed by atoms with Gasteiger partial charge in [0.15, 0.2) is 0 Å². The largest absolute Gasteiger partial charge is 0.497 e. The van der Waals surface area contributed by atoms with Crippen LogP contribution >= 0.6 is 11.6 Å². The van der Waals surface area contributed by atoms with Gasteiger partial charge in [0.05, 0.1) is 7.11 Å². The van der Waals surface area contributed by atoms with Gasteiger partial charge in [0.2, 0.25) is 0 Å². The monoisotopic (exact) mass is 266 g/mol. The SMILES string of the molecule is CCC1(C(Cl)Cc2ccc(OC)cc2)CCCC1. The molecule has 0 aromatic heterocycles. The molecule has 0 radical (unpaired) electrons. The second kappa shape index (κ2) is 5.97. The summed E-state index contributed by atoms with van der Waals surface area (Å²) < 4.78 is 5.18. The Hall–Kier alpha value is -0.690. The van der Waals surface area contributed by atoms with E-state index in [1.54, 1.807) is 7.11 Å². The van der Waals surface area contributed by atoms with E-state index in [1.165, 1.54) is 37.7 Å². The summed E-state index contributed by atoms with van der Waals surface area (Å²) in [5.74, 6) is 0.913. The van der Waals surface area contributed by atoms with Crippen LogP contribution in [0.1, 0.15) is 44.6 Å². The molecule has 1 nitrogen and oxygen atoms in total. The van der Waals surface area contributed by atoms with Crippen molar-refractivity contribution in [1.82, 2.24) is 0 Å². The Balaban J connectivity index is 2.03. The molecule has 0 amide bonds. The molecule has 0 saturated heterocycles. The maximum absolute atomic E-state index is 6.72. The number of ether oxygens (including phenoxy) is 1. The zero-order valence-electron chi connectivity index (χ0n) is 11.4. The molecule has 1 saturated carbocycles. The molecule has 0 heterocycles. The summed E-state index contributed by atoms with van der Waals surface area (Å²) in [6, 6.07) is 8.30. The lowest BCUT2D eigenvalue weighted by Crippen LogP contribution is -2.29. The molecule has 1 fully saturated rings. The smallest absolute Gasteiger partial charge is 0.118 e. The van der Waals surface area contributed by atoms with Crippen LogP contribution in [-0.4, -0.2) is 12.5 Å². The zero-order chi connectivity index (χ0) is 13.0. The van der Waals surface area contributed by atoms with Gasteiger partial charge in [-0.2, -0.15) is 0 Å². The highest BCUT2D eigenvalue weighted by Gasteiger charge is 2.38. The number of hydrogen-bond acceptors (Lipinski definition) is 1. The highest BCUT2D eigenvalue weighted by molar-refractivity contribution is 6.21. The van der Waals surface area contributed by atoms with Crippen molar-refractivity contribution in [2.75, 3.05) is 7.11 Å². The first-order valence-corrected chi connectivity index (χ1v) is 7.41. The first-order chi connectivity index (χ1) is 8.70. The lowest BCUT2D eigenvalue weighted by Gasteiger charge is -2.33. The van der Waals surface area contributed by atoms with E-state index < -0.39 is 0 Å². The van der Waals surface area contributed by atoms with Gasteiger partial charge in [-0.3, -0.25) is 0 Å². The topological polar surface area (TPSA) is 9.23 Å². The summed E-state index contributed by atoms with van der Waals surface area (Å²) in [4.78, 5) is 0. The number of hydrogen-bond donors (Lipinski definition) is 0.